The number of aliphatic carboxylic acids is 1. The summed E-state index contributed by atoms with van der Waals surface area (Å²) in [7, 11) is 1.66. The first-order chi connectivity index (χ1) is 41.0. The van der Waals surface area contributed by atoms with Crippen LogP contribution in [0.4, 0.5) is 13.2 Å². The van der Waals surface area contributed by atoms with Gasteiger partial charge in [0.1, 0.15) is 30.9 Å². The summed E-state index contributed by atoms with van der Waals surface area (Å²) in [6.07, 6.45) is 11.7. The number of aldehydes is 1. The summed E-state index contributed by atoms with van der Waals surface area (Å²) in [5.41, 5.74) is 13.6. The molecule has 2 aliphatic heterocycles. The fourth-order valence-electron chi connectivity index (χ4n) is 10.8. The van der Waals surface area contributed by atoms with Gasteiger partial charge in [-0.1, -0.05) is 100 Å². The molecule has 0 bridgehead atoms. The number of aliphatic hydroxyl groups is 3. The summed E-state index contributed by atoms with van der Waals surface area (Å²) < 4.78 is 42.7. The highest BCUT2D eigenvalue weighted by Gasteiger charge is 2.45. The van der Waals surface area contributed by atoms with Crippen LogP contribution in [0.15, 0.2) is 72.8 Å². The lowest BCUT2D eigenvalue weighted by Gasteiger charge is -2.31. The van der Waals surface area contributed by atoms with E-state index >= 15 is 0 Å². The third-order valence-corrected chi connectivity index (χ3v) is 16.1. The topological polar surface area (TPSA) is 294 Å². The summed E-state index contributed by atoms with van der Waals surface area (Å²) in [5.74, 6) is -1.43. The zero-order valence-electron chi connectivity index (χ0n) is 52.0. The number of carboxylic acids is 1. The number of nitrogens with two attached hydrogens (primary N) is 1. The third kappa shape index (κ3) is 27.0. The first kappa shape index (κ1) is 77.0. The van der Waals surface area contributed by atoms with Crippen LogP contribution in [0.1, 0.15) is 189 Å². The molecule has 0 radical (unpaired) electrons. The number of ketones is 1. The quantitative estimate of drug-likeness (QED) is 0.0409. The number of hydrogen-bond acceptors (Lipinski definition) is 13. The van der Waals surface area contributed by atoms with E-state index in [1.165, 1.54) is 39.8 Å². The van der Waals surface area contributed by atoms with Crippen LogP contribution in [0, 0.1) is 30.2 Å². The average Bonchev–Trinajstić information content (AvgIpc) is 2.90. The number of hydrogen-bond donors (Lipinski definition) is 8. The van der Waals surface area contributed by atoms with Crippen LogP contribution < -0.4 is 22.5 Å². The predicted molar refractivity (Wildman–Crippen MR) is 328 cm³/mol. The number of aliphatic hydroxyl groups excluding tert-OH is 3. The van der Waals surface area contributed by atoms with Crippen LogP contribution in [-0.4, -0.2) is 125 Å². The number of rotatable bonds is 19. The lowest BCUT2D eigenvalue weighted by molar-refractivity contribution is -0.159. The Morgan fingerprint density at radius 3 is 1.72 bits per heavy atom. The molecule has 3 amide bonds. The normalized spacial score (nSPS) is 21.1. The maximum absolute atomic E-state index is 13.1. The maximum atomic E-state index is 13.1. The number of halogens is 3. The number of Topliss-reactive ketones (excluding diaryl/α,β-unsaturated/α-hetero) is 1. The Hall–Kier alpha value is -6.12. The molecule has 0 aromatic heterocycles. The lowest BCUT2D eigenvalue weighted by atomic mass is 9.86. The monoisotopic (exact) mass is 1220 g/mol. The van der Waals surface area contributed by atoms with Crippen LogP contribution in [-0.2, 0) is 57.5 Å². The van der Waals surface area contributed by atoms with Crippen molar-refractivity contribution in [3.8, 4) is 0 Å². The van der Waals surface area contributed by atoms with E-state index in [9.17, 15) is 41.9 Å². The van der Waals surface area contributed by atoms with Gasteiger partial charge in [0.15, 0.2) is 0 Å². The number of carboxylic acid groups (broad SMARTS) is 1. The molecule has 3 unspecified atom stereocenters. The van der Waals surface area contributed by atoms with Crippen molar-refractivity contribution >= 4 is 35.8 Å². The number of amides is 3. The van der Waals surface area contributed by atoms with Crippen molar-refractivity contribution in [3.05, 3.63) is 118 Å². The number of fused-ring (bicyclic) bond motifs is 4. The molecule has 8 rings (SSSR count). The molecule has 0 spiro atoms. The molecule has 3 aromatic rings. The molecule has 21 heteroatoms. The Kier molecular flexibility index (Phi) is 36.4. The van der Waals surface area contributed by atoms with Crippen molar-refractivity contribution in [3.63, 3.8) is 0 Å². The highest BCUT2D eigenvalue weighted by atomic mass is 19.4. The van der Waals surface area contributed by atoms with Crippen molar-refractivity contribution in [1.29, 1.82) is 0 Å². The molecule has 2 heterocycles. The number of ether oxygens (including phenoxy) is 2. The van der Waals surface area contributed by atoms with Gasteiger partial charge >= 0.3 is 12.1 Å². The minimum Gasteiger partial charge on any atom is -0.481 e. The Balaban J connectivity index is 0.000000394. The van der Waals surface area contributed by atoms with Crippen LogP contribution in [0.2, 0.25) is 0 Å². The smallest absolute Gasteiger partial charge is 0.411 e. The molecule has 3 aliphatic carbocycles. The van der Waals surface area contributed by atoms with Crippen molar-refractivity contribution in [2.75, 3.05) is 33.5 Å². The number of methoxy groups -OCH3 is 1. The van der Waals surface area contributed by atoms with Crippen LogP contribution >= 0.6 is 0 Å². The number of aryl methyl sites for hydroxylation is 3. The zero-order chi connectivity index (χ0) is 63.8. The standard InChI is InChI=1S/C23H35NO4.C19H25N3O3.C11H11N.C6H12O.C5H10O3.C2H3F3O.H3N/c1-16(13-14-25)22(26)15-19(12-11-17(2)28-3)23(27)24-21-10-6-8-18-7-4-5-9-20(18)21;20-14-10-11-25-17-9-8-16(22(17)19(14)24)18(23)21-15-7-3-5-12-4-1-2-6-13(12)15;1-12-11-8-4-6-9-5-2-3-7-10(9)11;1-6(2)4-3-5-7;1-4(2-3-6)5(7)8;3-2(4,5)1-6;/h4-5,7,9,16-17,19,21,25H,6,8,10-15H2,1-3H3,(H,24,27);1-2,4,6,14-17H,3,5,7-11,20H2,(H,21,23);2-3,5,7,11H,4,6,8H2;5-6H,3-4H2,1-2H3;4,6H,2-3H2,1H3,(H,7,8);6H,1H2;1H3/t16-,17?,19?,21+;14-,15+,16?,17-;11-;;4-;;/m001.0../s1. The van der Waals surface area contributed by atoms with Gasteiger partial charge in [0.25, 0.3) is 0 Å². The predicted octanol–water partition coefficient (Wildman–Crippen LogP) is 10.2. The largest absolute Gasteiger partial charge is 0.481 e. The van der Waals surface area contributed by atoms with Crippen molar-refractivity contribution in [2.45, 2.75) is 205 Å². The minimum atomic E-state index is -4.40. The average molecular weight is 1230 g/mol. The van der Waals surface area contributed by atoms with Crippen LogP contribution in [0.5, 0.6) is 0 Å². The van der Waals surface area contributed by atoms with E-state index in [2.05, 4.69) is 71.8 Å². The van der Waals surface area contributed by atoms with Crippen LogP contribution in [0.3, 0.4) is 0 Å². The van der Waals surface area contributed by atoms with E-state index in [0.29, 0.717) is 51.0 Å². The van der Waals surface area contributed by atoms with E-state index in [0.717, 1.165) is 76.9 Å². The highest BCUT2D eigenvalue weighted by Crippen LogP contribution is 2.35. The summed E-state index contributed by atoms with van der Waals surface area (Å²) >= 11 is 0. The molecule has 11 N–H and O–H groups in total. The van der Waals surface area contributed by atoms with Gasteiger partial charge in [-0.25, -0.2) is 6.57 Å². The number of benzene rings is 3. The Morgan fingerprint density at radius 2 is 1.25 bits per heavy atom. The second kappa shape index (κ2) is 41.2. The molecule has 10 atom stereocenters. The number of nitrogens with one attached hydrogen (secondary N) is 2. The van der Waals surface area contributed by atoms with Gasteiger partial charge in [-0.05, 0) is 143 Å². The first-order valence-corrected chi connectivity index (χ1v) is 30.5. The summed E-state index contributed by atoms with van der Waals surface area (Å²) in [5, 5.41) is 39.2. The number of carbonyl (C=O) groups is 6. The number of nitrogens with zero attached hydrogens (tertiary/aromatic N) is 2. The molecule has 2 saturated heterocycles. The summed E-state index contributed by atoms with van der Waals surface area (Å²) in [6, 6.07) is 24.0. The third-order valence-electron chi connectivity index (χ3n) is 16.1. The Bertz CT molecular complexity index is 2580. The Labute approximate surface area is 513 Å². The summed E-state index contributed by atoms with van der Waals surface area (Å²) in [6.45, 7) is 15.3. The van der Waals surface area contributed by atoms with E-state index in [1.54, 1.807) is 18.9 Å². The first-order valence-electron chi connectivity index (χ1n) is 30.5. The fourth-order valence-corrected chi connectivity index (χ4v) is 10.8. The molecule has 3 aromatic carbocycles. The van der Waals surface area contributed by atoms with Gasteiger partial charge in [0.05, 0.1) is 36.8 Å². The number of carbonyl (C=O) groups excluding carboxylic acids is 5. The van der Waals surface area contributed by atoms with E-state index < -0.39 is 36.8 Å². The molecular weight excluding hydrogens is 1130 g/mol. The molecule has 2 fully saturated rings. The van der Waals surface area contributed by atoms with Gasteiger partial charge in [-0.15, -0.1) is 0 Å². The van der Waals surface area contributed by atoms with Gasteiger partial charge in [0.2, 0.25) is 23.8 Å². The maximum Gasteiger partial charge on any atom is 0.411 e. The zero-order valence-corrected chi connectivity index (χ0v) is 52.0. The summed E-state index contributed by atoms with van der Waals surface area (Å²) in [4.78, 5) is 76.0. The van der Waals surface area contributed by atoms with Crippen molar-refractivity contribution in [2.24, 2.45) is 29.4 Å². The van der Waals surface area contributed by atoms with E-state index in [-0.39, 0.29) is 91.6 Å². The number of alkyl halides is 3. The highest BCUT2D eigenvalue weighted by molar-refractivity contribution is 5.91. The van der Waals surface area contributed by atoms with Gasteiger partial charge in [0, 0.05) is 57.0 Å². The molecule has 486 valence electrons. The van der Waals surface area contributed by atoms with Crippen LogP contribution in [0.25, 0.3) is 4.85 Å². The molecule has 18 nitrogen and oxygen atoms in total. The van der Waals surface area contributed by atoms with Crippen molar-refractivity contribution < 1.29 is 71.8 Å². The Morgan fingerprint density at radius 1 is 0.747 bits per heavy atom. The van der Waals surface area contributed by atoms with Gasteiger partial charge in [-0.3, -0.25) is 24.0 Å². The van der Waals surface area contributed by atoms with E-state index in [1.807, 2.05) is 44.2 Å². The van der Waals surface area contributed by atoms with Crippen molar-refractivity contribution in [1.82, 2.24) is 21.7 Å². The lowest BCUT2D eigenvalue weighted by Crippen LogP contribution is -2.53. The van der Waals surface area contributed by atoms with Gasteiger partial charge < -0.3 is 67.0 Å². The second-order valence-corrected chi connectivity index (χ2v) is 23.2. The molecule has 87 heavy (non-hydrogen) atoms. The molecular formula is C66H99F3N6O12. The SMILES string of the molecule is CC(C)CCC=O.COC(C)CCC(CC(=O)[C@@H](C)CCO)C(=O)N[C@@H]1CCCc2ccccc21.C[C@@H](CCO)C(=O)O.N.N[C@H]1CCO[C@H]2CCC(C(=O)N[C@@H]3CCCc4ccccc43)N2C1=O.OCC(F)(F)F.[C-]#[N+][C@@H]1CCCc2ccccc21. The minimum absolute atomic E-state index is 0. The second-order valence-electron chi connectivity index (χ2n) is 23.2. The van der Waals surface area contributed by atoms with Gasteiger partial charge in [-0.2, -0.15) is 13.2 Å². The molecule has 0 saturated carbocycles. The molecule has 5 aliphatic rings. The van der Waals surface area contributed by atoms with E-state index in [4.69, 9.17) is 42.2 Å². The fraction of sp³-hybridized carbons (Fsp3) is 0.621.